The van der Waals surface area contributed by atoms with E-state index in [1.807, 2.05) is 6.07 Å². The van der Waals surface area contributed by atoms with E-state index in [1.165, 1.54) is 0 Å². The summed E-state index contributed by atoms with van der Waals surface area (Å²) in [5.74, 6) is 1.00. The highest BCUT2D eigenvalue weighted by Crippen LogP contribution is 2.20. The van der Waals surface area contributed by atoms with Gasteiger partial charge in [-0.05, 0) is 18.1 Å². The molecule has 1 aromatic rings. The fraction of sp³-hybridized carbons (Fsp3) is 0.400. The molecule has 0 radical (unpaired) electrons. The van der Waals surface area contributed by atoms with Crippen LogP contribution in [0.5, 0.6) is 0 Å². The van der Waals surface area contributed by atoms with Gasteiger partial charge in [0.15, 0.2) is 0 Å². The van der Waals surface area contributed by atoms with E-state index in [0.29, 0.717) is 10.2 Å². The maximum atomic E-state index is 5.88. The average molecular weight is 244 g/mol. The van der Waals surface area contributed by atoms with Crippen LogP contribution in [-0.2, 0) is 6.42 Å². The molecule has 0 saturated heterocycles. The van der Waals surface area contributed by atoms with Gasteiger partial charge in [-0.3, -0.25) is 4.99 Å². The average Bonchev–Trinajstić information content (AvgIpc) is 2.25. The molecule has 1 aromatic heterocycles. The summed E-state index contributed by atoms with van der Waals surface area (Å²) >= 11 is 11.6. The van der Waals surface area contributed by atoms with E-state index in [2.05, 4.69) is 15.3 Å². The van der Waals surface area contributed by atoms with Crippen molar-refractivity contribution in [1.82, 2.24) is 10.3 Å². The number of aliphatic imine (C=N–C) groups is 1. The van der Waals surface area contributed by atoms with Gasteiger partial charge in [0, 0.05) is 25.7 Å². The van der Waals surface area contributed by atoms with Crippen molar-refractivity contribution in [3.05, 3.63) is 28.0 Å². The molecule has 0 atom stereocenters. The third-order valence-corrected chi connectivity index (χ3v) is 2.88. The molecule has 80 valence electrons. The Kier molecular flexibility index (Phi) is 3.44. The highest BCUT2D eigenvalue weighted by molar-refractivity contribution is 6.41. The zero-order valence-corrected chi connectivity index (χ0v) is 9.65. The Morgan fingerprint density at radius 1 is 1.40 bits per heavy atom. The number of hydrogen-bond donors (Lipinski definition) is 1. The fourth-order valence-corrected chi connectivity index (χ4v) is 1.74. The molecule has 1 aliphatic heterocycles. The van der Waals surface area contributed by atoms with Crippen LogP contribution in [0.3, 0.4) is 0 Å². The second-order valence-corrected chi connectivity index (χ2v) is 4.17. The molecular formula is C10H11Cl2N3. The van der Waals surface area contributed by atoms with Gasteiger partial charge in [0.05, 0.1) is 5.02 Å². The third-order valence-electron chi connectivity index (χ3n) is 2.19. The number of nitrogens with zero attached hydrogens (tertiary/aromatic N) is 2. The van der Waals surface area contributed by atoms with E-state index < -0.39 is 0 Å². The number of nitrogens with one attached hydrogen (secondary N) is 1. The van der Waals surface area contributed by atoms with Crippen LogP contribution >= 0.6 is 23.2 Å². The van der Waals surface area contributed by atoms with Gasteiger partial charge in [-0.15, -0.1) is 0 Å². The number of amidine groups is 1. The van der Waals surface area contributed by atoms with Crippen LogP contribution in [0.15, 0.2) is 17.3 Å². The highest BCUT2D eigenvalue weighted by Gasteiger charge is 2.07. The summed E-state index contributed by atoms with van der Waals surface area (Å²) in [6.07, 6.45) is 3.57. The summed E-state index contributed by atoms with van der Waals surface area (Å²) < 4.78 is 0. The molecule has 0 aliphatic carbocycles. The van der Waals surface area contributed by atoms with Crippen molar-refractivity contribution in [3.8, 4) is 0 Å². The van der Waals surface area contributed by atoms with Crippen molar-refractivity contribution in [2.24, 2.45) is 4.99 Å². The first kappa shape index (κ1) is 10.7. The highest BCUT2D eigenvalue weighted by atomic mass is 35.5. The van der Waals surface area contributed by atoms with Crippen molar-refractivity contribution in [1.29, 1.82) is 0 Å². The molecule has 0 unspecified atom stereocenters. The largest absolute Gasteiger partial charge is 0.373 e. The lowest BCUT2D eigenvalue weighted by molar-refractivity contribution is 0.731. The predicted octanol–water partition coefficient (Wildman–Crippen LogP) is 2.32. The van der Waals surface area contributed by atoms with Crippen molar-refractivity contribution in [2.75, 3.05) is 13.1 Å². The maximum absolute atomic E-state index is 5.88. The standard InChI is InChI=1S/C10H11Cl2N3/c11-8-4-7(6-15-10(8)12)5-9-13-2-1-3-14-9/h4,6H,1-3,5H2,(H,13,14). The number of halogens is 2. The van der Waals surface area contributed by atoms with Gasteiger partial charge in [0.2, 0.25) is 0 Å². The van der Waals surface area contributed by atoms with Crippen molar-refractivity contribution < 1.29 is 0 Å². The summed E-state index contributed by atoms with van der Waals surface area (Å²) in [5.41, 5.74) is 1.03. The molecule has 5 heteroatoms. The molecule has 0 fully saturated rings. The second-order valence-electron chi connectivity index (χ2n) is 3.40. The van der Waals surface area contributed by atoms with Crippen LogP contribution in [0.1, 0.15) is 12.0 Å². The van der Waals surface area contributed by atoms with E-state index in [4.69, 9.17) is 23.2 Å². The van der Waals surface area contributed by atoms with Crippen LogP contribution in [0.4, 0.5) is 0 Å². The minimum atomic E-state index is 0.346. The smallest absolute Gasteiger partial charge is 0.147 e. The molecule has 0 spiro atoms. The van der Waals surface area contributed by atoms with Gasteiger partial charge in [0.1, 0.15) is 11.0 Å². The van der Waals surface area contributed by atoms with E-state index in [1.54, 1.807) is 6.20 Å². The monoisotopic (exact) mass is 243 g/mol. The van der Waals surface area contributed by atoms with Crippen molar-refractivity contribution in [3.63, 3.8) is 0 Å². The topological polar surface area (TPSA) is 37.3 Å². The van der Waals surface area contributed by atoms with Gasteiger partial charge in [-0.2, -0.15) is 0 Å². The molecule has 3 nitrogen and oxygen atoms in total. The lowest BCUT2D eigenvalue weighted by atomic mass is 10.2. The predicted molar refractivity (Wildman–Crippen MR) is 62.9 cm³/mol. The third kappa shape index (κ3) is 2.83. The maximum Gasteiger partial charge on any atom is 0.147 e. The fourth-order valence-electron chi connectivity index (χ4n) is 1.45. The van der Waals surface area contributed by atoms with E-state index >= 15 is 0 Å². The Bertz CT molecular complexity index is 390. The lowest BCUT2D eigenvalue weighted by Crippen LogP contribution is -2.30. The molecule has 0 bridgehead atoms. The summed E-state index contributed by atoms with van der Waals surface area (Å²) in [6, 6.07) is 1.83. The summed E-state index contributed by atoms with van der Waals surface area (Å²) in [7, 11) is 0. The molecule has 1 aliphatic rings. The Balaban J connectivity index is 2.10. The molecular weight excluding hydrogens is 233 g/mol. The quantitative estimate of drug-likeness (QED) is 0.810. The second kappa shape index (κ2) is 4.81. The van der Waals surface area contributed by atoms with Crippen LogP contribution in [0, 0.1) is 0 Å². The molecule has 2 rings (SSSR count). The number of aromatic nitrogens is 1. The van der Waals surface area contributed by atoms with Crippen LogP contribution in [-0.4, -0.2) is 23.9 Å². The first-order chi connectivity index (χ1) is 7.25. The van der Waals surface area contributed by atoms with Gasteiger partial charge < -0.3 is 5.32 Å². The van der Waals surface area contributed by atoms with Crippen LogP contribution in [0.2, 0.25) is 10.2 Å². The van der Waals surface area contributed by atoms with E-state index in [0.717, 1.165) is 37.3 Å². The Morgan fingerprint density at radius 3 is 2.93 bits per heavy atom. The molecule has 0 saturated carbocycles. The molecule has 2 heterocycles. The van der Waals surface area contributed by atoms with Gasteiger partial charge in [0.25, 0.3) is 0 Å². The van der Waals surface area contributed by atoms with Crippen molar-refractivity contribution >= 4 is 29.0 Å². The van der Waals surface area contributed by atoms with Gasteiger partial charge in [-0.25, -0.2) is 4.98 Å². The Hall–Kier alpha value is -0.800. The number of hydrogen-bond acceptors (Lipinski definition) is 3. The summed E-state index contributed by atoms with van der Waals surface area (Å²) in [4.78, 5) is 8.37. The van der Waals surface area contributed by atoms with Crippen LogP contribution in [0.25, 0.3) is 0 Å². The van der Waals surface area contributed by atoms with E-state index in [9.17, 15) is 0 Å². The first-order valence-corrected chi connectivity index (χ1v) is 5.58. The Morgan fingerprint density at radius 2 is 2.27 bits per heavy atom. The van der Waals surface area contributed by atoms with Gasteiger partial charge in [-0.1, -0.05) is 23.2 Å². The number of pyridine rings is 1. The normalized spacial score (nSPS) is 15.7. The molecule has 0 amide bonds. The van der Waals surface area contributed by atoms with E-state index in [-0.39, 0.29) is 0 Å². The molecule has 0 aromatic carbocycles. The Labute approximate surface area is 98.5 Å². The summed E-state index contributed by atoms with van der Waals surface area (Å²) in [6.45, 7) is 1.89. The molecule has 1 N–H and O–H groups in total. The number of rotatable bonds is 2. The first-order valence-electron chi connectivity index (χ1n) is 4.83. The van der Waals surface area contributed by atoms with Gasteiger partial charge >= 0.3 is 0 Å². The van der Waals surface area contributed by atoms with Crippen LogP contribution < -0.4 is 5.32 Å². The SMILES string of the molecule is Clc1cc(CC2=NCCCN2)cnc1Cl. The minimum Gasteiger partial charge on any atom is -0.373 e. The zero-order chi connectivity index (χ0) is 10.7. The minimum absolute atomic E-state index is 0.346. The zero-order valence-electron chi connectivity index (χ0n) is 8.13. The molecule has 15 heavy (non-hydrogen) atoms. The summed E-state index contributed by atoms with van der Waals surface area (Å²) in [5, 5.41) is 4.09. The lowest BCUT2D eigenvalue weighted by Gasteiger charge is -2.14. The van der Waals surface area contributed by atoms with Crippen molar-refractivity contribution in [2.45, 2.75) is 12.8 Å².